The molecule has 0 radical (unpaired) electrons. The van der Waals surface area contributed by atoms with Crippen LogP contribution in [0, 0.1) is 0 Å². The number of hydrogen-bond acceptors (Lipinski definition) is 4. The van der Waals surface area contributed by atoms with Crippen LogP contribution in [0.2, 0.25) is 5.02 Å². The summed E-state index contributed by atoms with van der Waals surface area (Å²) in [4.78, 5) is 1.94. The zero-order valence-corrected chi connectivity index (χ0v) is 11.9. The molecule has 0 saturated heterocycles. The van der Waals surface area contributed by atoms with Crippen molar-refractivity contribution in [1.82, 2.24) is 14.7 Å². The van der Waals surface area contributed by atoms with E-state index in [1.54, 1.807) is 4.68 Å². The molecule has 102 valence electrons. The molecule has 0 bridgehead atoms. The SMILES string of the molecule is CCc1nn(C)c(CN(C)C(C)C(N)=NO)c1Cl. The van der Waals surface area contributed by atoms with Crippen LogP contribution < -0.4 is 5.73 Å². The predicted molar refractivity (Wildman–Crippen MR) is 71.9 cm³/mol. The molecule has 0 aliphatic heterocycles. The third-order valence-corrected chi connectivity index (χ3v) is 3.54. The minimum absolute atomic E-state index is 0.173. The van der Waals surface area contributed by atoms with Crippen molar-refractivity contribution in [3.63, 3.8) is 0 Å². The van der Waals surface area contributed by atoms with Gasteiger partial charge in [0.25, 0.3) is 0 Å². The number of amidine groups is 1. The van der Waals surface area contributed by atoms with Gasteiger partial charge in [-0.1, -0.05) is 23.7 Å². The van der Waals surface area contributed by atoms with Crippen LogP contribution in [0.4, 0.5) is 0 Å². The van der Waals surface area contributed by atoms with Gasteiger partial charge in [-0.2, -0.15) is 5.10 Å². The summed E-state index contributed by atoms with van der Waals surface area (Å²) in [5, 5.41) is 16.7. The molecule has 0 saturated carbocycles. The molecule has 0 aromatic carbocycles. The lowest BCUT2D eigenvalue weighted by atomic mass is 10.2. The highest BCUT2D eigenvalue weighted by Crippen LogP contribution is 2.22. The summed E-state index contributed by atoms with van der Waals surface area (Å²) >= 11 is 6.27. The molecule has 0 amide bonds. The van der Waals surface area contributed by atoms with Gasteiger partial charge in [-0.25, -0.2) is 0 Å². The minimum Gasteiger partial charge on any atom is -0.409 e. The lowest BCUT2D eigenvalue weighted by Gasteiger charge is -2.23. The number of nitrogens with two attached hydrogens (primary N) is 1. The van der Waals surface area contributed by atoms with Crippen LogP contribution in [0.15, 0.2) is 5.16 Å². The van der Waals surface area contributed by atoms with Gasteiger partial charge >= 0.3 is 0 Å². The first-order valence-corrected chi connectivity index (χ1v) is 6.18. The topological polar surface area (TPSA) is 79.7 Å². The Kier molecular flexibility index (Phi) is 4.98. The fourth-order valence-electron chi connectivity index (χ4n) is 1.67. The van der Waals surface area contributed by atoms with Gasteiger partial charge in [0.15, 0.2) is 5.84 Å². The second-order valence-corrected chi connectivity index (χ2v) is 4.68. The molecule has 1 heterocycles. The number of likely N-dealkylation sites (N-methyl/N-ethyl adjacent to an activating group) is 1. The maximum Gasteiger partial charge on any atom is 0.156 e. The van der Waals surface area contributed by atoms with Crippen LogP contribution in [-0.2, 0) is 20.0 Å². The Morgan fingerprint density at radius 2 is 2.28 bits per heavy atom. The normalized spacial score (nSPS) is 14.2. The lowest BCUT2D eigenvalue weighted by Crippen LogP contribution is -2.40. The van der Waals surface area contributed by atoms with E-state index in [0.717, 1.165) is 17.8 Å². The quantitative estimate of drug-likeness (QED) is 0.366. The van der Waals surface area contributed by atoms with E-state index in [1.807, 2.05) is 32.8 Å². The Hall–Kier alpha value is -1.27. The molecule has 1 aromatic rings. The van der Waals surface area contributed by atoms with E-state index in [1.165, 1.54) is 0 Å². The summed E-state index contributed by atoms with van der Waals surface area (Å²) in [5.41, 5.74) is 7.39. The van der Waals surface area contributed by atoms with Gasteiger partial charge in [-0.15, -0.1) is 0 Å². The molecule has 1 atom stereocenters. The van der Waals surface area contributed by atoms with E-state index in [4.69, 9.17) is 22.5 Å². The number of aryl methyl sites for hydroxylation is 2. The second-order valence-electron chi connectivity index (χ2n) is 4.30. The fourth-order valence-corrected chi connectivity index (χ4v) is 2.03. The first kappa shape index (κ1) is 14.8. The van der Waals surface area contributed by atoms with E-state index < -0.39 is 0 Å². The van der Waals surface area contributed by atoms with E-state index in [-0.39, 0.29) is 11.9 Å². The summed E-state index contributed by atoms with van der Waals surface area (Å²) in [6, 6.07) is -0.175. The highest BCUT2D eigenvalue weighted by Gasteiger charge is 2.19. The Balaban J connectivity index is 2.88. The number of hydrogen-bond donors (Lipinski definition) is 2. The Morgan fingerprint density at radius 3 is 2.72 bits per heavy atom. The molecule has 6 nitrogen and oxygen atoms in total. The molecule has 3 N–H and O–H groups in total. The molecule has 0 aliphatic rings. The van der Waals surface area contributed by atoms with Gasteiger partial charge in [0.2, 0.25) is 0 Å². The fraction of sp³-hybridized carbons (Fsp3) is 0.636. The molecule has 1 aromatic heterocycles. The third-order valence-electron chi connectivity index (χ3n) is 3.11. The zero-order chi connectivity index (χ0) is 13.9. The van der Waals surface area contributed by atoms with Gasteiger partial charge < -0.3 is 10.9 Å². The van der Waals surface area contributed by atoms with Crippen molar-refractivity contribution >= 4 is 17.4 Å². The summed E-state index contributed by atoms with van der Waals surface area (Å²) in [7, 11) is 3.75. The van der Waals surface area contributed by atoms with Crippen molar-refractivity contribution in [1.29, 1.82) is 0 Å². The Bertz CT molecular complexity index is 443. The molecule has 18 heavy (non-hydrogen) atoms. The van der Waals surface area contributed by atoms with Gasteiger partial charge in [-0.05, 0) is 20.4 Å². The molecule has 0 aliphatic carbocycles. The third kappa shape index (κ3) is 2.94. The molecular weight excluding hydrogens is 254 g/mol. The van der Waals surface area contributed by atoms with Crippen molar-refractivity contribution in [2.45, 2.75) is 32.9 Å². The van der Waals surface area contributed by atoms with E-state index in [0.29, 0.717) is 11.6 Å². The Morgan fingerprint density at radius 1 is 1.67 bits per heavy atom. The van der Waals surface area contributed by atoms with Gasteiger partial charge in [0.1, 0.15) is 0 Å². The summed E-state index contributed by atoms with van der Waals surface area (Å²) < 4.78 is 1.77. The highest BCUT2D eigenvalue weighted by molar-refractivity contribution is 6.31. The average Bonchev–Trinajstić information content (AvgIpc) is 2.63. The minimum atomic E-state index is -0.175. The number of oxime groups is 1. The summed E-state index contributed by atoms with van der Waals surface area (Å²) in [6.07, 6.45) is 0.798. The van der Waals surface area contributed by atoms with Crippen LogP contribution in [-0.4, -0.2) is 38.8 Å². The molecule has 0 fully saturated rings. The first-order chi connectivity index (χ1) is 8.42. The molecule has 0 spiro atoms. The number of halogens is 1. The van der Waals surface area contributed by atoms with Gasteiger partial charge in [-0.3, -0.25) is 9.58 Å². The lowest BCUT2D eigenvalue weighted by molar-refractivity contribution is 0.274. The standard InChI is InChI=1S/C11H20ClN5O/c1-5-8-10(12)9(17(4)14-8)6-16(3)7(2)11(13)15-18/h7,18H,5-6H2,1-4H3,(H2,13,15). The number of rotatable bonds is 5. The Labute approximate surface area is 112 Å². The van der Waals surface area contributed by atoms with E-state index in [9.17, 15) is 0 Å². The van der Waals surface area contributed by atoms with E-state index >= 15 is 0 Å². The summed E-state index contributed by atoms with van der Waals surface area (Å²) in [6.45, 7) is 4.46. The van der Waals surface area contributed by atoms with Crippen LogP contribution in [0.25, 0.3) is 0 Å². The van der Waals surface area contributed by atoms with Crippen molar-refractivity contribution in [2.75, 3.05) is 7.05 Å². The van der Waals surface area contributed by atoms with Crippen LogP contribution in [0.1, 0.15) is 25.2 Å². The van der Waals surface area contributed by atoms with Crippen molar-refractivity contribution in [2.24, 2.45) is 17.9 Å². The second kappa shape index (κ2) is 6.06. The average molecular weight is 274 g/mol. The van der Waals surface area contributed by atoms with Crippen LogP contribution in [0.3, 0.4) is 0 Å². The van der Waals surface area contributed by atoms with Crippen molar-refractivity contribution in [3.8, 4) is 0 Å². The van der Waals surface area contributed by atoms with Crippen LogP contribution >= 0.6 is 11.6 Å². The molecule has 1 unspecified atom stereocenters. The highest BCUT2D eigenvalue weighted by atomic mass is 35.5. The first-order valence-electron chi connectivity index (χ1n) is 5.80. The molecular formula is C11H20ClN5O. The largest absolute Gasteiger partial charge is 0.409 e. The smallest absolute Gasteiger partial charge is 0.156 e. The molecule has 7 heteroatoms. The molecule has 1 rings (SSSR count). The summed E-state index contributed by atoms with van der Waals surface area (Å²) in [5.74, 6) is 0.173. The van der Waals surface area contributed by atoms with Crippen molar-refractivity contribution < 1.29 is 5.21 Å². The number of aromatic nitrogens is 2. The van der Waals surface area contributed by atoms with Gasteiger partial charge in [0.05, 0.1) is 22.5 Å². The number of nitrogens with zero attached hydrogens (tertiary/aromatic N) is 4. The van der Waals surface area contributed by atoms with E-state index in [2.05, 4.69) is 10.3 Å². The van der Waals surface area contributed by atoms with Crippen LogP contribution in [0.5, 0.6) is 0 Å². The monoisotopic (exact) mass is 273 g/mol. The van der Waals surface area contributed by atoms with Gasteiger partial charge in [0, 0.05) is 13.6 Å². The zero-order valence-electron chi connectivity index (χ0n) is 11.2. The predicted octanol–water partition coefficient (Wildman–Crippen LogP) is 1.20. The van der Waals surface area contributed by atoms with Crippen molar-refractivity contribution in [3.05, 3.63) is 16.4 Å². The maximum absolute atomic E-state index is 8.66. The maximum atomic E-state index is 8.66.